The molecule has 1 aromatic heterocycles. The van der Waals surface area contributed by atoms with Gasteiger partial charge in [-0.1, -0.05) is 24.3 Å². The molecule has 1 heterocycles. The summed E-state index contributed by atoms with van der Waals surface area (Å²) in [6, 6.07) is 9.26. The largest absolute Gasteiger partial charge is 0.396 e. The molecule has 0 aliphatic heterocycles. The van der Waals surface area contributed by atoms with Gasteiger partial charge in [-0.15, -0.1) is 0 Å². The van der Waals surface area contributed by atoms with E-state index in [2.05, 4.69) is 9.97 Å². The molecule has 5 heteroatoms. The Balaban J connectivity index is 2.11. The quantitative estimate of drug-likeness (QED) is 0.686. The van der Waals surface area contributed by atoms with Crippen LogP contribution in [-0.2, 0) is 6.42 Å². The highest BCUT2D eigenvalue weighted by molar-refractivity contribution is 5.54. The molecule has 0 saturated heterocycles. The van der Waals surface area contributed by atoms with Crippen LogP contribution in [-0.4, -0.2) is 38.2 Å². The number of nitrogens with zero attached hydrogens (tertiary/aromatic N) is 2. The van der Waals surface area contributed by atoms with Crippen LogP contribution in [0, 0.1) is 5.92 Å². The van der Waals surface area contributed by atoms with E-state index in [0.29, 0.717) is 12.2 Å². The summed E-state index contributed by atoms with van der Waals surface area (Å²) < 4.78 is 0. The third kappa shape index (κ3) is 3.57. The molecule has 5 nitrogen and oxygen atoms in total. The predicted molar refractivity (Wildman–Crippen MR) is 70.0 cm³/mol. The number of aliphatic hydroxyl groups excluding tert-OH is 2. The van der Waals surface area contributed by atoms with Crippen LogP contribution in [0.2, 0.25) is 0 Å². The first-order valence-electron chi connectivity index (χ1n) is 6.04. The monoisotopic (exact) mass is 260 g/mol. The van der Waals surface area contributed by atoms with Gasteiger partial charge in [-0.3, -0.25) is 0 Å². The Hall–Kier alpha value is -1.82. The second kappa shape index (κ2) is 6.38. The zero-order valence-electron chi connectivity index (χ0n) is 10.3. The van der Waals surface area contributed by atoms with Crippen molar-refractivity contribution in [2.45, 2.75) is 12.7 Å². The number of benzene rings is 1. The molecule has 0 aliphatic carbocycles. The van der Waals surface area contributed by atoms with E-state index in [9.17, 15) is 0 Å². The highest BCUT2D eigenvalue weighted by Gasteiger charge is 2.16. The minimum absolute atomic E-state index is 0.263. The maximum Gasteiger partial charge on any atom is 0.159 e. The molecule has 100 valence electrons. The van der Waals surface area contributed by atoms with E-state index in [1.165, 1.54) is 0 Å². The van der Waals surface area contributed by atoms with Gasteiger partial charge in [-0.25, -0.2) is 9.97 Å². The van der Waals surface area contributed by atoms with E-state index in [0.717, 1.165) is 11.1 Å². The minimum Gasteiger partial charge on any atom is -0.396 e. The average molecular weight is 260 g/mol. The van der Waals surface area contributed by atoms with E-state index in [1.54, 1.807) is 18.5 Å². The van der Waals surface area contributed by atoms with Crippen LogP contribution in [0.3, 0.4) is 0 Å². The van der Waals surface area contributed by atoms with Crippen molar-refractivity contribution in [3.8, 4) is 11.4 Å². The maximum absolute atomic E-state index is 9.08. The molecule has 0 aliphatic rings. The molecule has 1 atom stereocenters. The van der Waals surface area contributed by atoms with E-state index >= 15 is 0 Å². The van der Waals surface area contributed by atoms with Crippen LogP contribution in [0.5, 0.6) is 0 Å². The number of aliphatic hydroxyl groups is 3. The first-order valence-corrected chi connectivity index (χ1v) is 6.04. The highest BCUT2D eigenvalue weighted by Crippen LogP contribution is 2.17. The van der Waals surface area contributed by atoms with Crippen LogP contribution >= 0.6 is 0 Å². The molecule has 19 heavy (non-hydrogen) atoms. The van der Waals surface area contributed by atoms with Gasteiger partial charge in [-0.2, -0.15) is 0 Å². The maximum atomic E-state index is 9.08. The van der Waals surface area contributed by atoms with Crippen molar-refractivity contribution in [2.75, 3.05) is 6.61 Å². The molecule has 0 saturated carbocycles. The molecule has 0 amide bonds. The van der Waals surface area contributed by atoms with Crippen molar-refractivity contribution in [3.05, 3.63) is 48.3 Å². The Bertz CT molecular complexity index is 500. The summed E-state index contributed by atoms with van der Waals surface area (Å²) in [6.45, 7) is -0.263. The van der Waals surface area contributed by atoms with Crippen molar-refractivity contribution in [3.63, 3.8) is 0 Å². The normalized spacial score (nSPS) is 12.6. The first kappa shape index (κ1) is 13.6. The lowest BCUT2D eigenvalue weighted by molar-refractivity contribution is -0.0959. The van der Waals surface area contributed by atoms with E-state index in [1.807, 2.05) is 24.3 Å². The van der Waals surface area contributed by atoms with Gasteiger partial charge in [0, 0.05) is 23.9 Å². The Morgan fingerprint density at radius 3 is 2.16 bits per heavy atom. The Morgan fingerprint density at radius 2 is 1.63 bits per heavy atom. The summed E-state index contributed by atoms with van der Waals surface area (Å²) in [5, 5.41) is 27.2. The van der Waals surface area contributed by atoms with Crippen molar-refractivity contribution < 1.29 is 15.3 Å². The predicted octanol–water partition coefficient (Wildman–Crippen LogP) is 0.605. The van der Waals surface area contributed by atoms with Crippen molar-refractivity contribution in [2.24, 2.45) is 5.92 Å². The Kier molecular flexibility index (Phi) is 4.57. The summed E-state index contributed by atoms with van der Waals surface area (Å²) in [6.07, 6.45) is 2.26. The fraction of sp³-hybridized carbons (Fsp3) is 0.286. The van der Waals surface area contributed by atoms with Crippen molar-refractivity contribution >= 4 is 0 Å². The average Bonchev–Trinajstić information content (AvgIpc) is 2.46. The lowest BCUT2D eigenvalue weighted by Crippen LogP contribution is -2.25. The van der Waals surface area contributed by atoms with Gasteiger partial charge in [0.2, 0.25) is 0 Å². The van der Waals surface area contributed by atoms with E-state index < -0.39 is 12.2 Å². The van der Waals surface area contributed by atoms with Crippen molar-refractivity contribution in [1.29, 1.82) is 0 Å². The molecule has 3 N–H and O–H groups in total. The van der Waals surface area contributed by atoms with Gasteiger partial charge in [0.25, 0.3) is 0 Å². The smallest absolute Gasteiger partial charge is 0.159 e. The lowest BCUT2D eigenvalue weighted by Gasteiger charge is -2.16. The molecular weight excluding hydrogens is 244 g/mol. The summed E-state index contributed by atoms with van der Waals surface area (Å²) in [5.41, 5.74) is 1.82. The van der Waals surface area contributed by atoms with Gasteiger partial charge in [0.05, 0.1) is 6.61 Å². The number of aromatic nitrogens is 2. The van der Waals surface area contributed by atoms with Crippen molar-refractivity contribution in [1.82, 2.24) is 9.97 Å². The van der Waals surface area contributed by atoms with Crippen LogP contribution < -0.4 is 0 Å². The van der Waals surface area contributed by atoms with Gasteiger partial charge in [-0.05, 0) is 18.1 Å². The molecule has 1 unspecified atom stereocenters. The Morgan fingerprint density at radius 1 is 1.00 bits per heavy atom. The third-order valence-electron chi connectivity index (χ3n) is 2.93. The zero-order chi connectivity index (χ0) is 13.7. The molecule has 2 rings (SSSR count). The fourth-order valence-corrected chi connectivity index (χ4v) is 1.81. The van der Waals surface area contributed by atoms with Gasteiger partial charge < -0.3 is 15.3 Å². The van der Waals surface area contributed by atoms with E-state index in [4.69, 9.17) is 15.3 Å². The third-order valence-corrected chi connectivity index (χ3v) is 2.93. The summed E-state index contributed by atoms with van der Waals surface area (Å²) in [4.78, 5) is 8.31. The Labute approximate surface area is 111 Å². The molecule has 0 bridgehead atoms. The molecule has 0 fully saturated rings. The topological polar surface area (TPSA) is 86.5 Å². The first-order chi connectivity index (χ1) is 9.20. The minimum atomic E-state index is -1.51. The number of rotatable bonds is 5. The standard InChI is InChI=1S/C14H16N2O3/c17-9-12(14(18)19)8-10-2-4-11(5-3-10)13-15-6-1-7-16-13/h1-7,12,14,17-19H,8-9H2. The molecule has 2 aromatic rings. The number of hydrogen-bond acceptors (Lipinski definition) is 5. The van der Waals surface area contributed by atoms with Gasteiger partial charge in [0.1, 0.15) is 0 Å². The lowest BCUT2D eigenvalue weighted by atomic mass is 9.98. The zero-order valence-corrected chi connectivity index (χ0v) is 10.3. The summed E-state index contributed by atoms with van der Waals surface area (Å²) >= 11 is 0. The highest BCUT2D eigenvalue weighted by atomic mass is 16.5. The van der Waals surface area contributed by atoms with Crippen LogP contribution in [0.15, 0.2) is 42.7 Å². The van der Waals surface area contributed by atoms with Crippen LogP contribution in [0.4, 0.5) is 0 Å². The fourth-order valence-electron chi connectivity index (χ4n) is 1.81. The summed E-state index contributed by atoms with van der Waals surface area (Å²) in [7, 11) is 0. The second-order valence-corrected chi connectivity index (χ2v) is 4.33. The molecule has 0 spiro atoms. The second-order valence-electron chi connectivity index (χ2n) is 4.33. The van der Waals surface area contributed by atoms with Crippen LogP contribution in [0.1, 0.15) is 5.56 Å². The molecular formula is C14H16N2O3. The summed E-state index contributed by atoms with van der Waals surface area (Å²) in [5.74, 6) is 0.0776. The van der Waals surface area contributed by atoms with Gasteiger partial charge >= 0.3 is 0 Å². The molecule has 1 aromatic carbocycles. The number of hydrogen-bond donors (Lipinski definition) is 3. The van der Waals surface area contributed by atoms with Crippen LogP contribution in [0.25, 0.3) is 11.4 Å². The van der Waals surface area contributed by atoms with Gasteiger partial charge in [0.15, 0.2) is 12.1 Å². The molecule has 0 radical (unpaired) electrons. The van der Waals surface area contributed by atoms with E-state index in [-0.39, 0.29) is 6.61 Å². The SMILES string of the molecule is OCC(Cc1ccc(-c2ncccn2)cc1)C(O)O.